The molecule has 222 valence electrons. The number of benzene rings is 3. The zero-order valence-electron chi connectivity index (χ0n) is 25.0. The highest BCUT2D eigenvalue weighted by Crippen LogP contribution is 2.23. The zero-order valence-corrected chi connectivity index (χ0v) is 25.0. The van der Waals surface area contributed by atoms with Crippen molar-refractivity contribution in [1.29, 1.82) is 0 Å². The van der Waals surface area contributed by atoms with Crippen LogP contribution in [0.4, 0.5) is 5.69 Å². The Balaban J connectivity index is 1.03. The third-order valence-corrected chi connectivity index (χ3v) is 8.39. The molecule has 1 fully saturated rings. The third kappa shape index (κ3) is 6.32. The second-order valence-corrected chi connectivity index (χ2v) is 11.5. The Morgan fingerprint density at radius 3 is 2.49 bits per heavy atom. The molecule has 0 spiro atoms. The van der Waals surface area contributed by atoms with Gasteiger partial charge in [-0.25, -0.2) is 0 Å². The number of nitrogens with one attached hydrogen (secondary N) is 1. The van der Waals surface area contributed by atoms with Crippen molar-refractivity contribution in [3.63, 3.8) is 0 Å². The monoisotopic (exact) mass is 577 g/mol. The number of hydrogen-bond donors (Lipinski definition) is 1. The number of aryl methyl sites for hydroxylation is 3. The van der Waals surface area contributed by atoms with Crippen molar-refractivity contribution in [3.8, 4) is 0 Å². The van der Waals surface area contributed by atoms with Gasteiger partial charge in [0.25, 0.3) is 5.56 Å². The number of nitrogens with zero attached hydrogens (tertiary/aromatic N) is 6. The molecule has 1 aliphatic heterocycles. The summed E-state index contributed by atoms with van der Waals surface area (Å²) in [7, 11) is 0. The highest BCUT2D eigenvalue weighted by atomic mass is 16.1. The minimum Gasteiger partial charge on any atom is -0.369 e. The first-order chi connectivity index (χ1) is 21.0. The number of fused-ring (bicyclic) bond motifs is 3. The van der Waals surface area contributed by atoms with Crippen molar-refractivity contribution in [2.45, 2.75) is 39.7 Å². The summed E-state index contributed by atoms with van der Waals surface area (Å²) in [6.07, 6.45) is 1.65. The van der Waals surface area contributed by atoms with Crippen LogP contribution in [0, 0.1) is 13.8 Å². The first kappa shape index (κ1) is 28.6. The lowest BCUT2D eigenvalue weighted by Gasteiger charge is -2.37. The first-order valence-electron chi connectivity index (χ1n) is 15.2. The molecule has 2 aromatic heterocycles. The fourth-order valence-corrected chi connectivity index (χ4v) is 6.00. The lowest BCUT2D eigenvalue weighted by Crippen LogP contribution is -2.47. The maximum Gasteiger partial charge on any atom is 0.263 e. The lowest BCUT2D eigenvalue weighted by atomic mass is 10.1. The molecule has 9 nitrogen and oxygen atoms in total. The molecular formula is C34H39N7O2. The molecule has 1 saturated heterocycles. The van der Waals surface area contributed by atoms with Crippen LogP contribution >= 0.6 is 0 Å². The Morgan fingerprint density at radius 2 is 1.67 bits per heavy atom. The summed E-state index contributed by atoms with van der Waals surface area (Å²) in [5.41, 5.74) is 5.64. The fraction of sp³-hybridized carbons (Fsp3) is 0.353. The second-order valence-electron chi connectivity index (χ2n) is 11.5. The summed E-state index contributed by atoms with van der Waals surface area (Å²) in [5.74, 6) is 1.16. The number of carbonyl (C=O) groups is 1. The lowest BCUT2D eigenvalue weighted by molar-refractivity contribution is -0.121. The molecule has 6 rings (SSSR count). The quantitative estimate of drug-likeness (QED) is 0.253. The van der Waals surface area contributed by atoms with Crippen molar-refractivity contribution in [2.24, 2.45) is 0 Å². The van der Waals surface area contributed by atoms with Gasteiger partial charge >= 0.3 is 0 Å². The average molecular weight is 578 g/mol. The standard InChI is InChI=1S/C34H39N7O2/c1-25-13-14-26(2)30(23-25)39-21-19-38(20-22-39)18-8-17-35-32(42)16-15-31-36-37-34-40(24-27-9-4-3-5-10-27)33(43)28-11-6-7-12-29(28)41(31)34/h3-7,9-14,23H,8,15-22,24H2,1-2H3,(H,35,42). The SMILES string of the molecule is Cc1ccc(C)c(N2CCN(CCCNC(=O)CCc3nnc4n(Cc5ccccc5)c(=O)c5ccccc5n34)CC2)c1. The van der Waals surface area contributed by atoms with Gasteiger partial charge in [-0.2, -0.15) is 0 Å². The van der Waals surface area contributed by atoms with E-state index in [1.165, 1.54) is 16.8 Å². The topological polar surface area (TPSA) is 87.8 Å². The predicted octanol–water partition coefficient (Wildman–Crippen LogP) is 3.97. The van der Waals surface area contributed by atoms with Crippen LogP contribution in [0.25, 0.3) is 16.7 Å². The predicted molar refractivity (Wildman–Crippen MR) is 171 cm³/mol. The maximum atomic E-state index is 13.4. The molecule has 3 heterocycles. The van der Waals surface area contributed by atoms with E-state index in [4.69, 9.17) is 0 Å². The van der Waals surface area contributed by atoms with Crippen LogP contribution in [0.1, 0.15) is 35.4 Å². The van der Waals surface area contributed by atoms with Crippen molar-refractivity contribution in [2.75, 3.05) is 44.2 Å². The number of para-hydroxylation sites is 1. The summed E-state index contributed by atoms with van der Waals surface area (Å²) in [6.45, 7) is 10.5. The Bertz CT molecular complexity index is 1790. The number of carbonyl (C=O) groups excluding carboxylic acids is 1. The summed E-state index contributed by atoms with van der Waals surface area (Å²) in [4.78, 5) is 31.1. The van der Waals surface area contributed by atoms with Crippen LogP contribution < -0.4 is 15.8 Å². The Hall–Kier alpha value is -4.50. The molecule has 5 aromatic rings. The Labute approximate surface area is 251 Å². The van der Waals surface area contributed by atoms with E-state index < -0.39 is 0 Å². The van der Waals surface area contributed by atoms with Gasteiger partial charge in [0.1, 0.15) is 5.82 Å². The molecule has 0 bridgehead atoms. The van der Waals surface area contributed by atoms with Gasteiger partial charge in [-0.1, -0.05) is 54.6 Å². The normalized spacial score (nSPS) is 14.0. The van der Waals surface area contributed by atoms with Gasteiger partial charge in [-0.3, -0.25) is 23.5 Å². The van der Waals surface area contributed by atoms with E-state index in [-0.39, 0.29) is 11.5 Å². The van der Waals surface area contributed by atoms with Crippen molar-refractivity contribution in [1.82, 2.24) is 29.4 Å². The molecule has 0 unspecified atom stereocenters. The van der Waals surface area contributed by atoms with Gasteiger partial charge in [0, 0.05) is 51.3 Å². The first-order valence-corrected chi connectivity index (χ1v) is 15.2. The molecule has 0 radical (unpaired) electrons. The van der Waals surface area contributed by atoms with Gasteiger partial charge < -0.3 is 10.2 Å². The molecule has 43 heavy (non-hydrogen) atoms. The molecular weight excluding hydrogens is 538 g/mol. The third-order valence-electron chi connectivity index (χ3n) is 8.39. The zero-order chi connectivity index (χ0) is 29.8. The largest absolute Gasteiger partial charge is 0.369 e. The number of aromatic nitrogens is 4. The van der Waals surface area contributed by atoms with E-state index in [2.05, 4.69) is 57.4 Å². The molecule has 1 aliphatic rings. The van der Waals surface area contributed by atoms with E-state index in [0.29, 0.717) is 42.9 Å². The highest BCUT2D eigenvalue weighted by Gasteiger charge is 2.19. The van der Waals surface area contributed by atoms with Gasteiger partial charge in [0.15, 0.2) is 0 Å². The summed E-state index contributed by atoms with van der Waals surface area (Å²) in [5, 5.41) is 12.5. The Kier molecular flexibility index (Phi) is 8.51. The molecule has 0 saturated carbocycles. The maximum absolute atomic E-state index is 13.4. The van der Waals surface area contributed by atoms with Crippen LogP contribution in [-0.4, -0.2) is 69.2 Å². The van der Waals surface area contributed by atoms with Crippen LogP contribution in [0.15, 0.2) is 77.6 Å². The summed E-state index contributed by atoms with van der Waals surface area (Å²) in [6, 6.07) is 24.0. The minimum atomic E-state index is -0.102. The number of hydrogen-bond acceptors (Lipinski definition) is 6. The minimum absolute atomic E-state index is 0.00148. The fourth-order valence-electron chi connectivity index (χ4n) is 6.00. The van der Waals surface area contributed by atoms with Gasteiger partial charge in [0.2, 0.25) is 11.7 Å². The smallest absolute Gasteiger partial charge is 0.263 e. The molecule has 0 aliphatic carbocycles. The molecule has 3 aromatic carbocycles. The number of amides is 1. The molecule has 9 heteroatoms. The summed E-state index contributed by atoms with van der Waals surface area (Å²) < 4.78 is 3.58. The highest BCUT2D eigenvalue weighted by molar-refractivity contribution is 5.80. The average Bonchev–Trinajstić information content (AvgIpc) is 3.46. The van der Waals surface area contributed by atoms with Crippen molar-refractivity contribution >= 4 is 28.3 Å². The van der Waals surface area contributed by atoms with Crippen molar-refractivity contribution < 1.29 is 4.79 Å². The van der Waals surface area contributed by atoms with Crippen LogP contribution in [0.2, 0.25) is 0 Å². The van der Waals surface area contributed by atoms with E-state index in [9.17, 15) is 9.59 Å². The van der Waals surface area contributed by atoms with E-state index in [1.807, 2.05) is 59.0 Å². The summed E-state index contributed by atoms with van der Waals surface area (Å²) >= 11 is 0. The number of rotatable bonds is 10. The molecule has 1 amide bonds. The molecule has 0 atom stereocenters. The van der Waals surface area contributed by atoms with E-state index >= 15 is 0 Å². The van der Waals surface area contributed by atoms with Gasteiger partial charge in [0.05, 0.1) is 17.4 Å². The Morgan fingerprint density at radius 1 is 0.907 bits per heavy atom. The van der Waals surface area contributed by atoms with Crippen LogP contribution in [0.5, 0.6) is 0 Å². The number of piperazine rings is 1. The second kappa shape index (κ2) is 12.8. The van der Waals surface area contributed by atoms with Gasteiger partial charge in [-0.05, 0) is 61.7 Å². The van der Waals surface area contributed by atoms with Crippen molar-refractivity contribution in [3.05, 3.63) is 106 Å². The van der Waals surface area contributed by atoms with Gasteiger partial charge in [-0.15, -0.1) is 10.2 Å². The van der Waals surface area contributed by atoms with Crippen LogP contribution in [-0.2, 0) is 17.8 Å². The van der Waals surface area contributed by atoms with E-state index in [1.54, 1.807) is 4.57 Å². The van der Waals surface area contributed by atoms with Crippen LogP contribution in [0.3, 0.4) is 0 Å². The molecule has 1 N–H and O–H groups in total. The van der Waals surface area contributed by atoms with E-state index in [0.717, 1.165) is 50.2 Å². The number of anilines is 1.